The fraction of sp³-hybridized carbons (Fsp3) is 0.462. The summed E-state index contributed by atoms with van der Waals surface area (Å²) >= 11 is 0. The van der Waals surface area contributed by atoms with Gasteiger partial charge in [0, 0.05) is 36.4 Å². The van der Waals surface area contributed by atoms with E-state index in [4.69, 9.17) is 18.3 Å². The van der Waals surface area contributed by atoms with Crippen molar-refractivity contribution in [2.75, 3.05) is 0 Å². The van der Waals surface area contributed by atoms with Gasteiger partial charge in [0.1, 0.15) is 34.4 Å². The highest BCUT2D eigenvalue weighted by Gasteiger charge is 2.43. The number of rotatable bonds is 3. The van der Waals surface area contributed by atoms with E-state index >= 15 is 0 Å². The molecule has 2 aromatic heterocycles. The fourth-order valence-corrected chi connectivity index (χ4v) is 5.00. The number of nitrogens with zero attached hydrogens (tertiary/aromatic N) is 1. The Balaban J connectivity index is 1.32. The highest BCUT2D eigenvalue weighted by molar-refractivity contribution is 5.82. The first-order valence-electron chi connectivity index (χ1n) is 11.6. The lowest BCUT2D eigenvalue weighted by Crippen LogP contribution is -2.57. The molecule has 4 heterocycles. The predicted molar refractivity (Wildman–Crippen MR) is 123 cm³/mol. The number of hydrogen-bond donors (Lipinski definition) is 0. The molecule has 0 aliphatic carbocycles. The Kier molecular flexibility index (Phi) is 5.43. The number of benzene rings is 1. The van der Waals surface area contributed by atoms with Gasteiger partial charge in [0.25, 0.3) is 0 Å². The van der Waals surface area contributed by atoms with Crippen LogP contribution in [0.15, 0.2) is 56.3 Å². The van der Waals surface area contributed by atoms with Gasteiger partial charge in [-0.3, -0.25) is 0 Å². The van der Waals surface area contributed by atoms with Crippen LogP contribution in [0, 0.1) is 0 Å². The zero-order valence-electron chi connectivity index (χ0n) is 19.2. The molecule has 2 saturated heterocycles. The Morgan fingerprint density at radius 2 is 1.85 bits per heavy atom. The van der Waals surface area contributed by atoms with Gasteiger partial charge < -0.3 is 23.2 Å². The summed E-state index contributed by atoms with van der Waals surface area (Å²) in [6.45, 7) is 5.69. The van der Waals surface area contributed by atoms with E-state index in [2.05, 4.69) is 0 Å². The summed E-state index contributed by atoms with van der Waals surface area (Å²) in [6, 6.07) is 11.0. The maximum atomic E-state index is 12.8. The van der Waals surface area contributed by atoms with E-state index in [1.165, 1.54) is 6.26 Å². The molecule has 0 spiro atoms. The van der Waals surface area contributed by atoms with Gasteiger partial charge in [-0.2, -0.15) is 0 Å². The average Bonchev–Trinajstić information content (AvgIpc) is 3.26. The minimum atomic E-state index is -0.509. The second kappa shape index (κ2) is 8.28. The van der Waals surface area contributed by atoms with Crippen LogP contribution in [-0.2, 0) is 4.74 Å². The SMILES string of the molecule is CC(C)(C)OC(=O)N1C2CCCC1CC(Oc1ccc3cc(-c4ccco4)c(=O)oc3c1)C2. The number of carbonyl (C=O) groups is 1. The summed E-state index contributed by atoms with van der Waals surface area (Å²) in [4.78, 5) is 27.2. The van der Waals surface area contributed by atoms with Crippen LogP contribution in [0.3, 0.4) is 0 Å². The Morgan fingerprint density at radius 3 is 2.52 bits per heavy atom. The van der Waals surface area contributed by atoms with Crippen molar-refractivity contribution in [2.24, 2.45) is 0 Å². The summed E-state index contributed by atoms with van der Waals surface area (Å²) < 4.78 is 22.9. The molecule has 2 aliphatic rings. The highest BCUT2D eigenvalue weighted by atomic mass is 16.6. The van der Waals surface area contributed by atoms with Crippen LogP contribution < -0.4 is 10.4 Å². The third-order valence-corrected chi connectivity index (χ3v) is 6.33. The molecule has 7 nitrogen and oxygen atoms in total. The summed E-state index contributed by atoms with van der Waals surface area (Å²) in [7, 11) is 0. The van der Waals surface area contributed by atoms with Crippen molar-refractivity contribution in [3.63, 3.8) is 0 Å². The van der Waals surface area contributed by atoms with E-state index in [-0.39, 0.29) is 24.3 Å². The number of piperidine rings is 2. The zero-order valence-corrected chi connectivity index (χ0v) is 19.2. The molecule has 7 heteroatoms. The van der Waals surface area contributed by atoms with Crippen molar-refractivity contribution in [1.29, 1.82) is 0 Å². The third-order valence-electron chi connectivity index (χ3n) is 6.33. The van der Waals surface area contributed by atoms with Crippen LogP contribution in [0.25, 0.3) is 22.3 Å². The van der Waals surface area contributed by atoms with Crippen molar-refractivity contribution < 1.29 is 23.1 Å². The fourth-order valence-electron chi connectivity index (χ4n) is 5.00. The van der Waals surface area contributed by atoms with Crippen molar-refractivity contribution in [1.82, 2.24) is 4.90 Å². The maximum Gasteiger partial charge on any atom is 0.410 e. The standard InChI is InChI=1S/C26H29NO6/c1-26(2,3)33-25(29)27-17-6-4-7-18(27)14-20(13-17)31-19-10-9-16-12-21(22-8-5-11-30-22)24(28)32-23(16)15-19/h5,8-12,15,17-18,20H,4,6-7,13-14H2,1-3H3. The molecule has 0 saturated carbocycles. The van der Waals surface area contributed by atoms with Gasteiger partial charge in [0.2, 0.25) is 0 Å². The molecular weight excluding hydrogens is 422 g/mol. The quantitative estimate of drug-likeness (QED) is 0.472. The molecule has 33 heavy (non-hydrogen) atoms. The van der Waals surface area contributed by atoms with Gasteiger partial charge >= 0.3 is 11.7 Å². The van der Waals surface area contributed by atoms with Gasteiger partial charge in [-0.25, -0.2) is 9.59 Å². The van der Waals surface area contributed by atoms with E-state index in [0.717, 1.165) is 37.5 Å². The average molecular weight is 452 g/mol. The molecule has 3 aromatic rings. The normalized spacial score (nSPS) is 22.9. The topological polar surface area (TPSA) is 82.1 Å². The third kappa shape index (κ3) is 4.49. The lowest BCUT2D eigenvalue weighted by molar-refractivity contribution is -0.0405. The molecular formula is C26H29NO6. The molecule has 2 aliphatic heterocycles. The minimum Gasteiger partial charge on any atom is -0.490 e. The Bertz CT molecular complexity index is 1190. The van der Waals surface area contributed by atoms with Crippen LogP contribution in [0.2, 0.25) is 0 Å². The Labute approximate surface area is 192 Å². The second-order valence-electron chi connectivity index (χ2n) is 9.96. The van der Waals surface area contributed by atoms with Gasteiger partial charge in [-0.05, 0) is 70.4 Å². The lowest BCUT2D eigenvalue weighted by Gasteiger charge is -2.48. The van der Waals surface area contributed by atoms with Gasteiger partial charge in [0.15, 0.2) is 0 Å². The largest absolute Gasteiger partial charge is 0.490 e. The minimum absolute atomic E-state index is 0.00875. The number of hydrogen-bond acceptors (Lipinski definition) is 6. The first-order valence-corrected chi connectivity index (χ1v) is 11.6. The van der Waals surface area contributed by atoms with Crippen LogP contribution >= 0.6 is 0 Å². The summed E-state index contributed by atoms with van der Waals surface area (Å²) in [5, 5.41) is 0.796. The summed E-state index contributed by atoms with van der Waals surface area (Å²) in [5.41, 5.74) is -0.0950. The van der Waals surface area contributed by atoms with Crippen molar-refractivity contribution in [2.45, 2.75) is 76.7 Å². The smallest absolute Gasteiger partial charge is 0.410 e. The Morgan fingerprint density at radius 1 is 1.09 bits per heavy atom. The zero-order chi connectivity index (χ0) is 23.2. The van der Waals surface area contributed by atoms with E-state index in [1.807, 2.05) is 37.8 Å². The molecule has 1 aromatic carbocycles. The molecule has 0 N–H and O–H groups in total. The van der Waals surface area contributed by atoms with Crippen LogP contribution in [0.5, 0.6) is 5.75 Å². The molecule has 5 rings (SSSR count). The van der Waals surface area contributed by atoms with Crippen LogP contribution in [0.4, 0.5) is 4.79 Å². The first-order chi connectivity index (χ1) is 15.8. The highest BCUT2D eigenvalue weighted by Crippen LogP contribution is 2.37. The van der Waals surface area contributed by atoms with E-state index in [9.17, 15) is 9.59 Å². The number of carbonyl (C=O) groups excluding carboxylic acids is 1. The maximum absolute atomic E-state index is 12.8. The van der Waals surface area contributed by atoms with Gasteiger partial charge in [-0.1, -0.05) is 0 Å². The number of ether oxygens (including phenoxy) is 2. The van der Waals surface area contributed by atoms with E-state index in [0.29, 0.717) is 22.7 Å². The monoisotopic (exact) mass is 451 g/mol. The predicted octanol–water partition coefficient (Wildman–Crippen LogP) is 5.75. The van der Waals surface area contributed by atoms with Crippen LogP contribution in [0.1, 0.15) is 52.9 Å². The lowest BCUT2D eigenvalue weighted by atomic mass is 9.83. The van der Waals surface area contributed by atoms with Gasteiger partial charge in [-0.15, -0.1) is 0 Å². The number of furan rings is 1. The van der Waals surface area contributed by atoms with Crippen molar-refractivity contribution in [3.05, 3.63) is 53.1 Å². The molecule has 174 valence electrons. The number of fused-ring (bicyclic) bond motifs is 3. The van der Waals surface area contributed by atoms with Crippen molar-refractivity contribution in [3.8, 4) is 17.1 Å². The van der Waals surface area contributed by atoms with E-state index in [1.54, 1.807) is 24.3 Å². The second-order valence-corrected chi connectivity index (χ2v) is 9.96. The molecule has 2 fully saturated rings. The molecule has 2 bridgehead atoms. The molecule has 2 unspecified atom stereocenters. The first kappa shape index (κ1) is 21.6. The summed E-state index contributed by atoms with van der Waals surface area (Å²) in [5.74, 6) is 1.14. The van der Waals surface area contributed by atoms with Gasteiger partial charge in [0.05, 0.1) is 6.26 Å². The van der Waals surface area contributed by atoms with E-state index < -0.39 is 11.2 Å². The molecule has 0 radical (unpaired) electrons. The van der Waals surface area contributed by atoms with Crippen LogP contribution in [-0.4, -0.2) is 34.8 Å². The summed E-state index contributed by atoms with van der Waals surface area (Å²) in [6.07, 6.45) is 5.83. The molecule has 2 atom stereocenters. The number of amides is 1. The Hall–Kier alpha value is -3.22. The van der Waals surface area contributed by atoms with Crippen molar-refractivity contribution >= 4 is 17.1 Å². The molecule has 1 amide bonds.